The molecule has 1 heterocycles. The normalized spacial score (nSPS) is 11.1. The molecule has 0 saturated heterocycles. The van der Waals surface area contributed by atoms with Crippen LogP contribution in [0.3, 0.4) is 0 Å². The maximum absolute atomic E-state index is 4.50. The minimum absolute atomic E-state index is 0.521. The van der Waals surface area contributed by atoms with Crippen LogP contribution in [-0.2, 0) is 13.0 Å². The van der Waals surface area contributed by atoms with Gasteiger partial charge in [0.05, 0.1) is 5.01 Å². The number of aryl methyl sites for hydroxylation is 1. The van der Waals surface area contributed by atoms with Crippen LogP contribution in [0.4, 0.5) is 0 Å². The molecule has 0 bridgehead atoms. The molecule has 1 N–H and O–H groups in total. The van der Waals surface area contributed by atoms with Gasteiger partial charge in [0, 0.05) is 30.1 Å². The van der Waals surface area contributed by atoms with Crippen molar-refractivity contribution in [3.8, 4) is 0 Å². The molecule has 0 saturated carbocycles. The van der Waals surface area contributed by atoms with Gasteiger partial charge in [-0.05, 0) is 12.5 Å². The molecule has 0 aliphatic rings. The fraction of sp³-hybridized carbons (Fsp3) is 0.400. The van der Waals surface area contributed by atoms with Gasteiger partial charge in [0.1, 0.15) is 0 Å². The van der Waals surface area contributed by atoms with E-state index in [1.807, 2.05) is 6.20 Å². The molecular weight excluding hydrogens is 240 g/mol. The lowest BCUT2D eigenvalue weighted by atomic mass is 10.1. The third kappa shape index (κ3) is 3.93. The third-order valence-corrected chi connectivity index (χ3v) is 3.72. The molecule has 0 spiro atoms. The lowest BCUT2D eigenvalue weighted by molar-refractivity contribution is 0.593. The zero-order valence-electron chi connectivity index (χ0n) is 11.2. The highest BCUT2D eigenvalue weighted by Gasteiger charge is 2.04. The Labute approximate surface area is 113 Å². The maximum Gasteiger partial charge on any atom is 0.0972 e. The second kappa shape index (κ2) is 6.12. The largest absolute Gasteiger partial charge is 0.310 e. The number of rotatable bonds is 5. The van der Waals surface area contributed by atoms with Crippen molar-refractivity contribution in [2.45, 2.75) is 39.8 Å². The van der Waals surface area contributed by atoms with Crippen molar-refractivity contribution in [2.24, 2.45) is 0 Å². The number of thiazole rings is 1. The third-order valence-electron chi connectivity index (χ3n) is 2.72. The molecule has 96 valence electrons. The topological polar surface area (TPSA) is 24.9 Å². The van der Waals surface area contributed by atoms with Gasteiger partial charge in [0.15, 0.2) is 0 Å². The van der Waals surface area contributed by atoms with Crippen molar-refractivity contribution in [3.05, 3.63) is 51.5 Å². The van der Waals surface area contributed by atoms with Crippen molar-refractivity contribution < 1.29 is 0 Å². The van der Waals surface area contributed by atoms with E-state index in [9.17, 15) is 0 Å². The van der Waals surface area contributed by atoms with E-state index >= 15 is 0 Å². The average molecular weight is 260 g/mol. The van der Waals surface area contributed by atoms with Gasteiger partial charge in [-0.1, -0.05) is 43.7 Å². The molecule has 0 aliphatic carbocycles. The smallest absolute Gasteiger partial charge is 0.0972 e. The first kappa shape index (κ1) is 13.2. The number of nitrogens with one attached hydrogen (secondary N) is 1. The predicted molar refractivity (Wildman–Crippen MR) is 78.1 cm³/mol. The van der Waals surface area contributed by atoms with Crippen LogP contribution in [0.2, 0.25) is 0 Å². The van der Waals surface area contributed by atoms with Gasteiger partial charge in [0.25, 0.3) is 0 Å². The molecule has 2 rings (SSSR count). The van der Waals surface area contributed by atoms with Crippen molar-refractivity contribution in [1.29, 1.82) is 0 Å². The number of aromatic nitrogens is 1. The Morgan fingerprint density at radius 2 is 2.17 bits per heavy atom. The SMILES string of the molecule is Cc1cccc(Cc2ncc(CNC(C)C)s2)c1. The van der Waals surface area contributed by atoms with Gasteiger partial charge in [-0.15, -0.1) is 11.3 Å². The Bertz CT molecular complexity index is 503. The summed E-state index contributed by atoms with van der Waals surface area (Å²) in [6.07, 6.45) is 2.93. The van der Waals surface area contributed by atoms with Crippen LogP contribution in [0.1, 0.15) is 34.9 Å². The van der Waals surface area contributed by atoms with E-state index in [0.29, 0.717) is 6.04 Å². The molecule has 0 radical (unpaired) electrons. The highest BCUT2D eigenvalue weighted by atomic mass is 32.1. The van der Waals surface area contributed by atoms with Crippen LogP contribution < -0.4 is 5.32 Å². The Hall–Kier alpha value is -1.19. The van der Waals surface area contributed by atoms with Crippen molar-refractivity contribution in [1.82, 2.24) is 10.3 Å². The van der Waals surface area contributed by atoms with E-state index in [1.165, 1.54) is 21.0 Å². The van der Waals surface area contributed by atoms with E-state index in [1.54, 1.807) is 11.3 Å². The fourth-order valence-electron chi connectivity index (χ4n) is 1.81. The summed E-state index contributed by atoms with van der Waals surface area (Å²) in [5.74, 6) is 0. The molecule has 0 amide bonds. The Morgan fingerprint density at radius 3 is 2.89 bits per heavy atom. The van der Waals surface area contributed by atoms with Gasteiger partial charge in [0.2, 0.25) is 0 Å². The number of hydrogen-bond donors (Lipinski definition) is 1. The summed E-state index contributed by atoms with van der Waals surface area (Å²) in [6.45, 7) is 7.37. The van der Waals surface area contributed by atoms with Crippen LogP contribution in [0.15, 0.2) is 30.5 Å². The first-order valence-corrected chi connectivity index (χ1v) is 7.17. The van der Waals surface area contributed by atoms with Gasteiger partial charge >= 0.3 is 0 Å². The van der Waals surface area contributed by atoms with Crippen LogP contribution in [0.25, 0.3) is 0 Å². The lowest BCUT2D eigenvalue weighted by Crippen LogP contribution is -2.21. The molecule has 0 atom stereocenters. The maximum atomic E-state index is 4.50. The second-order valence-electron chi connectivity index (χ2n) is 4.92. The van der Waals surface area contributed by atoms with E-state index in [2.05, 4.69) is 55.3 Å². The zero-order valence-corrected chi connectivity index (χ0v) is 12.1. The molecule has 1 aromatic heterocycles. The molecule has 18 heavy (non-hydrogen) atoms. The van der Waals surface area contributed by atoms with Crippen molar-refractivity contribution >= 4 is 11.3 Å². The summed E-state index contributed by atoms with van der Waals surface area (Å²) in [7, 11) is 0. The van der Waals surface area contributed by atoms with Crippen LogP contribution >= 0.6 is 11.3 Å². The quantitative estimate of drug-likeness (QED) is 0.889. The fourth-order valence-corrected chi connectivity index (χ4v) is 2.72. The van der Waals surface area contributed by atoms with E-state index in [4.69, 9.17) is 0 Å². The summed E-state index contributed by atoms with van der Waals surface area (Å²) in [5, 5.41) is 4.61. The Morgan fingerprint density at radius 1 is 1.33 bits per heavy atom. The molecule has 2 aromatic rings. The number of hydrogen-bond acceptors (Lipinski definition) is 3. The standard InChI is InChI=1S/C15H20N2S/c1-11(2)16-9-14-10-17-15(18-14)8-13-6-4-5-12(3)7-13/h4-7,10-11,16H,8-9H2,1-3H3. The lowest BCUT2D eigenvalue weighted by Gasteiger charge is -2.04. The van der Waals surface area contributed by atoms with Crippen LogP contribution in [0, 0.1) is 6.92 Å². The highest BCUT2D eigenvalue weighted by molar-refractivity contribution is 7.11. The minimum atomic E-state index is 0.521. The summed E-state index contributed by atoms with van der Waals surface area (Å²) in [6, 6.07) is 9.16. The van der Waals surface area contributed by atoms with Gasteiger partial charge in [-0.2, -0.15) is 0 Å². The number of benzene rings is 1. The Balaban J connectivity index is 1.98. The van der Waals surface area contributed by atoms with Gasteiger partial charge < -0.3 is 5.32 Å². The van der Waals surface area contributed by atoms with E-state index in [0.717, 1.165) is 13.0 Å². The molecule has 2 nitrogen and oxygen atoms in total. The molecule has 0 fully saturated rings. The number of nitrogens with zero attached hydrogens (tertiary/aromatic N) is 1. The second-order valence-corrected chi connectivity index (χ2v) is 6.12. The highest BCUT2D eigenvalue weighted by Crippen LogP contribution is 2.17. The van der Waals surface area contributed by atoms with E-state index < -0.39 is 0 Å². The molecule has 0 unspecified atom stereocenters. The molecule has 3 heteroatoms. The summed E-state index contributed by atoms with van der Waals surface area (Å²) >= 11 is 1.80. The van der Waals surface area contributed by atoms with Crippen LogP contribution in [0.5, 0.6) is 0 Å². The first-order chi connectivity index (χ1) is 8.63. The molecule has 1 aromatic carbocycles. The molecular formula is C15H20N2S. The van der Waals surface area contributed by atoms with Crippen molar-refractivity contribution in [2.75, 3.05) is 0 Å². The zero-order chi connectivity index (χ0) is 13.0. The first-order valence-electron chi connectivity index (χ1n) is 6.36. The van der Waals surface area contributed by atoms with Gasteiger partial charge in [-0.25, -0.2) is 4.98 Å². The summed E-state index contributed by atoms with van der Waals surface area (Å²) < 4.78 is 0. The molecule has 0 aliphatic heterocycles. The van der Waals surface area contributed by atoms with Crippen molar-refractivity contribution in [3.63, 3.8) is 0 Å². The average Bonchev–Trinajstić information content (AvgIpc) is 2.74. The Kier molecular flexibility index (Phi) is 4.50. The van der Waals surface area contributed by atoms with E-state index in [-0.39, 0.29) is 0 Å². The monoisotopic (exact) mass is 260 g/mol. The van der Waals surface area contributed by atoms with Gasteiger partial charge in [-0.3, -0.25) is 0 Å². The predicted octanol–water partition coefficient (Wildman–Crippen LogP) is 3.54. The summed E-state index contributed by atoms with van der Waals surface area (Å²) in [4.78, 5) is 5.81. The summed E-state index contributed by atoms with van der Waals surface area (Å²) in [5.41, 5.74) is 2.65. The minimum Gasteiger partial charge on any atom is -0.310 e. The van der Waals surface area contributed by atoms with Crippen LogP contribution in [-0.4, -0.2) is 11.0 Å².